The summed E-state index contributed by atoms with van der Waals surface area (Å²) in [5.74, 6) is 1.51. The molecule has 1 aliphatic rings. The van der Waals surface area contributed by atoms with Crippen molar-refractivity contribution < 1.29 is 19.0 Å². The zero-order chi connectivity index (χ0) is 20.5. The molecule has 0 unspecified atom stereocenters. The number of hydrogen-bond acceptors (Lipinski definition) is 4. The van der Waals surface area contributed by atoms with Crippen molar-refractivity contribution in [2.45, 2.75) is 25.9 Å². The number of amides is 1. The maximum absolute atomic E-state index is 12.7. The number of nitrogens with zero attached hydrogens (tertiary/aromatic N) is 1. The lowest BCUT2D eigenvalue weighted by atomic mass is 9.89. The van der Waals surface area contributed by atoms with Gasteiger partial charge in [0, 0.05) is 25.8 Å². The van der Waals surface area contributed by atoms with Crippen molar-refractivity contribution in [3.63, 3.8) is 0 Å². The summed E-state index contributed by atoms with van der Waals surface area (Å²) < 4.78 is 15.7. The lowest BCUT2D eigenvalue weighted by Crippen LogP contribution is -2.38. The van der Waals surface area contributed by atoms with Gasteiger partial charge in [0.15, 0.2) is 0 Å². The van der Waals surface area contributed by atoms with Gasteiger partial charge in [0.25, 0.3) is 5.91 Å². The zero-order valence-electron chi connectivity index (χ0n) is 17.4. The third-order valence-corrected chi connectivity index (χ3v) is 5.49. The maximum Gasteiger partial charge on any atom is 0.253 e. The first-order valence-electron chi connectivity index (χ1n) is 10.3. The molecule has 1 heterocycles. The molecule has 0 atom stereocenters. The standard InChI is InChI=1S/C24H31NO4/c1-27-15-16-29-18-21-5-3-19(4-6-21)17-20-11-13-25(14-12-20)24(26)22-7-9-23(28-2)10-8-22/h3-10,20H,11-18H2,1-2H3. The van der Waals surface area contributed by atoms with Crippen LogP contribution in [-0.4, -0.2) is 51.3 Å². The third-order valence-electron chi connectivity index (χ3n) is 5.49. The highest BCUT2D eigenvalue weighted by molar-refractivity contribution is 5.94. The third kappa shape index (κ3) is 6.31. The first-order valence-corrected chi connectivity index (χ1v) is 10.3. The van der Waals surface area contributed by atoms with E-state index in [9.17, 15) is 4.79 Å². The molecular formula is C24H31NO4. The molecular weight excluding hydrogens is 366 g/mol. The van der Waals surface area contributed by atoms with Gasteiger partial charge in [-0.15, -0.1) is 0 Å². The van der Waals surface area contributed by atoms with Gasteiger partial charge in [0.1, 0.15) is 5.75 Å². The summed E-state index contributed by atoms with van der Waals surface area (Å²) in [6.45, 7) is 3.50. The van der Waals surface area contributed by atoms with Gasteiger partial charge in [-0.2, -0.15) is 0 Å². The summed E-state index contributed by atoms with van der Waals surface area (Å²) >= 11 is 0. The highest BCUT2D eigenvalue weighted by atomic mass is 16.5. The second kappa shape index (κ2) is 11.0. The quantitative estimate of drug-likeness (QED) is 0.601. The molecule has 1 aliphatic heterocycles. The molecule has 2 aromatic rings. The Morgan fingerprint density at radius 1 is 0.931 bits per heavy atom. The van der Waals surface area contributed by atoms with Crippen LogP contribution in [0.25, 0.3) is 0 Å². The van der Waals surface area contributed by atoms with Crippen LogP contribution < -0.4 is 4.74 Å². The van der Waals surface area contributed by atoms with E-state index < -0.39 is 0 Å². The van der Waals surface area contributed by atoms with Gasteiger partial charge in [-0.3, -0.25) is 4.79 Å². The number of likely N-dealkylation sites (tertiary alicyclic amines) is 1. The Morgan fingerprint density at radius 2 is 1.59 bits per heavy atom. The Hall–Kier alpha value is -2.37. The van der Waals surface area contributed by atoms with E-state index in [0.29, 0.717) is 25.7 Å². The largest absolute Gasteiger partial charge is 0.497 e. The van der Waals surface area contributed by atoms with Crippen LogP contribution >= 0.6 is 0 Å². The van der Waals surface area contributed by atoms with Gasteiger partial charge in [0.2, 0.25) is 0 Å². The van der Waals surface area contributed by atoms with Crippen LogP contribution in [0.15, 0.2) is 48.5 Å². The number of piperidine rings is 1. The Labute approximate surface area is 173 Å². The fourth-order valence-corrected chi connectivity index (χ4v) is 3.69. The van der Waals surface area contributed by atoms with E-state index in [1.165, 1.54) is 11.1 Å². The van der Waals surface area contributed by atoms with Gasteiger partial charge in [-0.05, 0) is 60.6 Å². The van der Waals surface area contributed by atoms with Crippen LogP contribution in [0.1, 0.15) is 34.3 Å². The van der Waals surface area contributed by atoms with E-state index in [1.54, 1.807) is 14.2 Å². The molecule has 5 nitrogen and oxygen atoms in total. The van der Waals surface area contributed by atoms with Crippen LogP contribution in [0.4, 0.5) is 0 Å². The van der Waals surface area contributed by atoms with Crippen LogP contribution in [0, 0.1) is 5.92 Å². The van der Waals surface area contributed by atoms with Gasteiger partial charge >= 0.3 is 0 Å². The van der Waals surface area contributed by atoms with Crippen molar-refractivity contribution in [2.75, 3.05) is 40.5 Å². The van der Waals surface area contributed by atoms with Crippen molar-refractivity contribution in [1.29, 1.82) is 0 Å². The van der Waals surface area contributed by atoms with Crippen molar-refractivity contribution >= 4 is 5.91 Å². The predicted octanol–water partition coefficient (Wildman–Crippen LogP) is 3.95. The lowest BCUT2D eigenvalue weighted by Gasteiger charge is -2.32. The van der Waals surface area contributed by atoms with Crippen LogP contribution in [0.5, 0.6) is 5.75 Å². The minimum atomic E-state index is 0.115. The second-order valence-electron chi connectivity index (χ2n) is 7.53. The summed E-state index contributed by atoms with van der Waals surface area (Å²) in [5.41, 5.74) is 3.27. The molecule has 3 rings (SSSR count). The summed E-state index contributed by atoms with van der Waals surface area (Å²) in [6, 6.07) is 16.0. The van der Waals surface area contributed by atoms with E-state index in [-0.39, 0.29) is 5.91 Å². The van der Waals surface area contributed by atoms with E-state index >= 15 is 0 Å². The van der Waals surface area contributed by atoms with Crippen molar-refractivity contribution in [1.82, 2.24) is 4.90 Å². The average molecular weight is 398 g/mol. The molecule has 0 N–H and O–H groups in total. The lowest BCUT2D eigenvalue weighted by molar-refractivity contribution is 0.0616. The minimum Gasteiger partial charge on any atom is -0.497 e. The first-order chi connectivity index (χ1) is 14.2. The first kappa shape index (κ1) is 21.3. The summed E-state index contributed by atoms with van der Waals surface area (Å²) in [7, 11) is 3.31. The summed E-state index contributed by atoms with van der Waals surface area (Å²) in [5, 5.41) is 0. The summed E-state index contributed by atoms with van der Waals surface area (Å²) in [6.07, 6.45) is 3.16. The van der Waals surface area contributed by atoms with E-state index in [1.807, 2.05) is 29.2 Å². The van der Waals surface area contributed by atoms with Crippen molar-refractivity contribution in [2.24, 2.45) is 5.92 Å². The molecule has 0 spiro atoms. The fourth-order valence-electron chi connectivity index (χ4n) is 3.69. The molecule has 0 radical (unpaired) electrons. The van der Waals surface area contributed by atoms with Crippen LogP contribution in [0.3, 0.4) is 0 Å². The van der Waals surface area contributed by atoms with E-state index in [0.717, 1.165) is 43.7 Å². The Bertz CT molecular complexity index is 749. The van der Waals surface area contributed by atoms with Gasteiger partial charge in [0.05, 0.1) is 26.9 Å². The molecule has 0 aliphatic carbocycles. The number of carbonyl (C=O) groups is 1. The topological polar surface area (TPSA) is 48.0 Å². The van der Waals surface area contributed by atoms with Crippen molar-refractivity contribution in [3.8, 4) is 5.75 Å². The highest BCUT2D eigenvalue weighted by Crippen LogP contribution is 2.23. The smallest absolute Gasteiger partial charge is 0.253 e. The SMILES string of the molecule is COCCOCc1ccc(CC2CCN(C(=O)c3ccc(OC)cc3)CC2)cc1. The van der Waals surface area contributed by atoms with Gasteiger partial charge < -0.3 is 19.1 Å². The molecule has 156 valence electrons. The molecule has 0 saturated carbocycles. The maximum atomic E-state index is 12.7. The summed E-state index contributed by atoms with van der Waals surface area (Å²) in [4.78, 5) is 14.7. The number of ether oxygens (including phenoxy) is 3. The van der Waals surface area contributed by atoms with Gasteiger partial charge in [-0.1, -0.05) is 24.3 Å². The molecule has 1 saturated heterocycles. The number of hydrogen-bond donors (Lipinski definition) is 0. The van der Waals surface area contributed by atoms with Crippen LogP contribution in [0.2, 0.25) is 0 Å². The van der Waals surface area contributed by atoms with Crippen LogP contribution in [-0.2, 0) is 22.5 Å². The fraction of sp³-hybridized carbons (Fsp3) is 0.458. The second-order valence-corrected chi connectivity index (χ2v) is 7.53. The Kier molecular flexibility index (Phi) is 8.08. The predicted molar refractivity (Wildman–Crippen MR) is 113 cm³/mol. The number of carbonyl (C=O) groups excluding carboxylic acids is 1. The molecule has 1 fully saturated rings. The molecule has 0 aromatic heterocycles. The van der Waals surface area contributed by atoms with Gasteiger partial charge in [-0.25, -0.2) is 0 Å². The van der Waals surface area contributed by atoms with E-state index in [4.69, 9.17) is 14.2 Å². The van der Waals surface area contributed by atoms with Crippen molar-refractivity contribution in [3.05, 3.63) is 65.2 Å². The van der Waals surface area contributed by atoms with E-state index in [2.05, 4.69) is 24.3 Å². The Morgan fingerprint density at radius 3 is 2.21 bits per heavy atom. The monoisotopic (exact) mass is 397 g/mol. The molecule has 29 heavy (non-hydrogen) atoms. The zero-order valence-corrected chi connectivity index (χ0v) is 17.4. The Balaban J connectivity index is 1.43. The number of rotatable bonds is 9. The number of methoxy groups -OCH3 is 2. The highest BCUT2D eigenvalue weighted by Gasteiger charge is 2.23. The molecule has 0 bridgehead atoms. The molecule has 2 aromatic carbocycles. The molecule has 1 amide bonds. The normalized spacial score (nSPS) is 14.8. The minimum absolute atomic E-state index is 0.115. The average Bonchev–Trinajstić information content (AvgIpc) is 2.78. The molecule has 5 heteroatoms. The number of benzene rings is 2.